The number of aryl methyl sites for hydroxylation is 1. The molecular formula is C21H30N4O3. The van der Waals surface area contributed by atoms with E-state index in [1.807, 2.05) is 18.2 Å². The molecule has 0 aliphatic rings. The van der Waals surface area contributed by atoms with Gasteiger partial charge >= 0.3 is 5.69 Å². The maximum absolute atomic E-state index is 12.3. The van der Waals surface area contributed by atoms with Crippen molar-refractivity contribution < 1.29 is 4.79 Å². The van der Waals surface area contributed by atoms with Crippen LogP contribution in [0.4, 0.5) is 0 Å². The molecule has 1 atom stereocenters. The zero-order valence-electron chi connectivity index (χ0n) is 16.9. The molecule has 28 heavy (non-hydrogen) atoms. The summed E-state index contributed by atoms with van der Waals surface area (Å²) in [6.07, 6.45) is 1.35. The number of hydrogen-bond acceptors (Lipinski definition) is 4. The minimum atomic E-state index is -0.529. The fraction of sp³-hybridized carbons (Fsp3) is 0.476. The van der Waals surface area contributed by atoms with Gasteiger partial charge in [-0.25, -0.2) is 4.79 Å². The van der Waals surface area contributed by atoms with Crippen molar-refractivity contribution in [3.8, 4) is 0 Å². The number of aromatic nitrogens is 2. The second-order valence-electron chi connectivity index (χ2n) is 6.88. The van der Waals surface area contributed by atoms with Gasteiger partial charge in [-0.2, -0.15) is 0 Å². The van der Waals surface area contributed by atoms with E-state index in [4.69, 9.17) is 0 Å². The van der Waals surface area contributed by atoms with Crippen LogP contribution in [0.2, 0.25) is 0 Å². The first-order chi connectivity index (χ1) is 13.4. The molecule has 1 amide bonds. The first-order valence-electron chi connectivity index (χ1n) is 9.81. The van der Waals surface area contributed by atoms with E-state index in [-0.39, 0.29) is 18.4 Å². The van der Waals surface area contributed by atoms with Crippen molar-refractivity contribution in [1.29, 1.82) is 0 Å². The number of aromatic amines is 2. The van der Waals surface area contributed by atoms with Crippen molar-refractivity contribution >= 4 is 5.91 Å². The lowest BCUT2D eigenvalue weighted by atomic mass is 10.0. The SMILES string of the molecule is CCN(CC)C(CNC(=O)CCc1c(C)[nH]c(=O)[nH]c1=O)Cc1ccccc1. The van der Waals surface area contributed by atoms with Gasteiger partial charge in [-0.3, -0.25) is 19.5 Å². The smallest absolute Gasteiger partial charge is 0.325 e. The van der Waals surface area contributed by atoms with Gasteiger partial charge in [0.15, 0.2) is 0 Å². The highest BCUT2D eigenvalue weighted by Crippen LogP contribution is 2.09. The van der Waals surface area contributed by atoms with Crippen molar-refractivity contribution in [2.24, 2.45) is 0 Å². The molecular weight excluding hydrogens is 356 g/mol. The second-order valence-corrected chi connectivity index (χ2v) is 6.88. The maximum Gasteiger partial charge on any atom is 0.325 e. The monoisotopic (exact) mass is 386 g/mol. The number of likely N-dealkylation sites (N-methyl/N-ethyl adjacent to an activating group) is 1. The highest BCUT2D eigenvalue weighted by Gasteiger charge is 2.17. The van der Waals surface area contributed by atoms with Crippen LogP contribution in [0.5, 0.6) is 0 Å². The van der Waals surface area contributed by atoms with Crippen LogP contribution < -0.4 is 16.6 Å². The number of rotatable bonds is 10. The van der Waals surface area contributed by atoms with Gasteiger partial charge in [0.2, 0.25) is 5.91 Å². The van der Waals surface area contributed by atoms with Crippen LogP contribution in [0.15, 0.2) is 39.9 Å². The topological polar surface area (TPSA) is 98.1 Å². The summed E-state index contributed by atoms with van der Waals surface area (Å²) >= 11 is 0. The summed E-state index contributed by atoms with van der Waals surface area (Å²) in [7, 11) is 0. The molecule has 0 aliphatic carbocycles. The minimum absolute atomic E-state index is 0.102. The second kappa shape index (κ2) is 10.6. The number of amides is 1. The summed E-state index contributed by atoms with van der Waals surface area (Å²) in [4.78, 5) is 42.6. The molecule has 0 aliphatic heterocycles. The number of hydrogen-bond donors (Lipinski definition) is 3. The van der Waals surface area contributed by atoms with E-state index in [0.717, 1.165) is 19.5 Å². The number of benzene rings is 1. The average molecular weight is 386 g/mol. The van der Waals surface area contributed by atoms with Crippen LogP contribution in [0.3, 0.4) is 0 Å². The van der Waals surface area contributed by atoms with Crippen molar-refractivity contribution in [1.82, 2.24) is 20.2 Å². The Hall–Kier alpha value is -2.67. The summed E-state index contributed by atoms with van der Waals surface area (Å²) in [5.74, 6) is -0.102. The van der Waals surface area contributed by atoms with Crippen molar-refractivity contribution in [2.45, 2.75) is 46.1 Å². The molecule has 0 radical (unpaired) electrons. The number of nitrogens with one attached hydrogen (secondary N) is 3. The van der Waals surface area contributed by atoms with Crippen LogP contribution in [0.25, 0.3) is 0 Å². The molecule has 1 aromatic carbocycles. The molecule has 0 fully saturated rings. The predicted octanol–water partition coefficient (Wildman–Crippen LogP) is 1.37. The molecule has 1 unspecified atom stereocenters. The van der Waals surface area contributed by atoms with E-state index in [9.17, 15) is 14.4 Å². The van der Waals surface area contributed by atoms with Gasteiger partial charge in [0.1, 0.15) is 0 Å². The lowest BCUT2D eigenvalue weighted by Crippen LogP contribution is -2.45. The Bertz CT molecular complexity index is 869. The lowest BCUT2D eigenvalue weighted by Gasteiger charge is -2.30. The molecule has 7 nitrogen and oxygen atoms in total. The van der Waals surface area contributed by atoms with Gasteiger partial charge in [0.05, 0.1) is 0 Å². The Labute approximate surface area is 165 Å². The largest absolute Gasteiger partial charge is 0.355 e. The first-order valence-corrected chi connectivity index (χ1v) is 9.81. The molecule has 7 heteroatoms. The van der Waals surface area contributed by atoms with Gasteiger partial charge in [-0.05, 0) is 38.4 Å². The molecule has 0 spiro atoms. The van der Waals surface area contributed by atoms with Crippen molar-refractivity contribution in [3.63, 3.8) is 0 Å². The molecule has 1 aromatic heterocycles. The third-order valence-electron chi connectivity index (χ3n) is 5.03. The fourth-order valence-electron chi connectivity index (χ4n) is 3.44. The summed E-state index contributed by atoms with van der Waals surface area (Å²) < 4.78 is 0. The Morgan fingerprint density at radius 3 is 2.39 bits per heavy atom. The first kappa shape index (κ1) is 21.6. The van der Waals surface area contributed by atoms with Crippen molar-refractivity contribution in [2.75, 3.05) is 19.6 Å². The Morgan fingerprint density at radius 1 is 1.11 bits per heavy atom. The highest BCUT2D eigenvalue weighted by atomic mass is 16.2. The molecule has 1 heterocycles. The van der Waals surface area contributed by atoms with Gasteiger partial charge in [-0.15, -0.1) is 0 Å². The van der Waals surface area contributed by atoms with Gasteiger partial charge in [-0.1, -0.05) is 44.2 Å². The summed E-state index contributed by atoms with van der Waals surface area (Å²) in [6, 6.07) is 10.5. The van der Waals surface area contributed by atoms with Gasteiger partial charge in [0, 0.05) is 30.3 Å². The van der Waals surface area contributed by atoms with E-state index >= 15 is 0 Å². The van der Waals surface area contributed by atoms with E-state index in [2.05, 4.69) is 46.2 Å². The zero-order valence-corrected chi connectivity index (χ0v) is 16.9. The minimum Gasteiger partial charge on any atom is -0.355 e. The Balaban J connectivity index is 1.95. The molecule has 0 saturated carbocycles. The number of carbonyl (C=O) groups excluding carboxylic acids is 1. The predicted molar refractivity (Wildman–Crippen MR) is 111 cm³/mol. The number of nitrogens with zero attached hydrogens (tertiary/aromatic N) is 1. The Morgan fingerprint density at radius 2 is 1.79 bits per heavy atom. The molecule has 0 saturated heterocycles. The van der Waals surface area contributed by atoms with Crippen molar-refractivity contribution in [3.05, 3.63) is 68.0 Å². The molecule has 0 bridgehead atoms. The van der Waals surface area contributed by atoms with Gasteiger partial charge < -0.3 is 10.3 Å². The average Bonchev–Trinajstić information content (AvgIpc) is 2.66. The van der Waals surface area contributed by atoms with Crippen LogP contribution >= 0.6 is 0 Å². The van der Waals surface area contributed by atoms with Crippen LogP contribution in [0, 0.1) is 6.92 Å². The van der Waals surface area contributed by atoms with E-state index in [1.165, 1.54) is 5.56 Å². The standard InChI is InChI=1S/C21H30N4O3/c1-4-25(5-2)17(13-16-9-7-6-8-10-16)14-22-19(26)12-11-18-15(3)23-21(28)24-20(18)27/h6-10,17H,4-5,11-14H2,1-3H3,(H,22,26)(H2,23,24,27,28). The van der Waals surface area contributed by atoms with E-state index in [1.54, 1.807) is 6.92 Å². The van der Waals surface area contributed by atoms with Crippen LogP contribution in [-0.2, 0) is 17.6 Å². The zero-order chi connectivity index (χ0) is 20.5. The molecule has 152 valence electrons. The quantitative estimate of drug-likeness (QED) is 0.574. The normalized spacial score (nSPS) is 12.1. The van der Waals surface area contributed by atoms with Gasteiger partial charge in [0.25, 0.3) is 5.56 Å². The lowest BCUT2D eigenvalue weighted by molar-refractivity contribution is -0.121. The third-order valence-corrected chi connectivity index (χ3v) is 5.03. The third kappa shape index (κ3) is 6.20. The number of H-pyrrole nitrogens is 2. The number of carbonyl (C=O) groups is 1. The fourth-order valence-corrected chi connectivity index (χ4v) is 3.44. The van der Waals surface area contributed by atoms with Crippen LogP contribution in [-0.4, -0.2) is 46.5 Å². The Kier molecular flexibility index (Phi) is 8.19. The summed E-state index contributed by atoms with van der Waals surface area (Å²) in [5.41, 5.74) is 1.23. The van der Waals surface area contributed by atoms with E-state index in [0.29, 0.717) is 24.2 Å². The molecule has 2 rings (SSSR count). The molecule has 3 N–H and O–H groups in total. The van der Waals surface area contributed by atoms with Crippen LogP contribution in [0.1, 0.15) is 37.1 Å². The van der Waals surface area contributed by atoms with E-state index < -0.39 is 11.2 Å². The highest BCUT2D eigenvalue weighted by molar-refractivity contribution is 5.76. The summed E-state index contributed by atoms with van der Waals surface area (Å²) in [6.45, 7) is 8.28. The molecule has 2 aromatic rings. The maximum atomic E-state index is 12.3. The summed E-state index contributed by atoms with van der Waals surface area (Å²) in [5, 5.41) is 3.01.